The molecule has 4 heteroatoms. The standard InChI is InChI=1S/C15H16O2S2/c1-12-7-10-15(19(16,17)18)11-14(12)9-8-13-5-3-2-4-6-13/h2-7,10-11H,8-9H2,1H3,(H,16,17,18). The van der Waals surface area contributed by atoms with E-state index in [2.05, 4.69) is 23.8 Å². The maximum atomic E-state index is 11.4. The third-order valence-corrected chi connectivity index (χ3v) is 4.63. The molecule has 0 atom stereocenters. The van der Waals surface area contributed by atoms with E-state index in [0.717, 1.165) is 24.0 Å². The van der Waals surface area contributed by atoms with Crippen molar-refractivity contribution in [2.45, 2.75) is 24.7 Å². The first-order valence-electron chi connectivity index (χ1n) is 6.08. The van der Waals surface area contributed by atoms with Gasteiger partial charge < -0.3 is 0 Å². The Morgan fingerprint density at radius 2 is 1.68 bits per heavy atom. The van der Waals surface area contributed by atoms with Gasteiger partial charge >= 0.3 is 0 Å². The predicted molar refractivity (Wildman–Crippen MR) is 81.2 cm³/mol. The minimum Gasteiger partial charge on any atom is -0.212 e. The van der Waals surface area contributed by atoms with Crippen LogP contribution in [0.5, 0.6) is 0 Å². The van der Waals surface area contributed by atoms with Gasteiger partial charge in [0, 0.05) is 0 Å². The van der Waals surface area contributed by atoms with E-state index in [4.69, 9.17) is 0 Å². The van der Waals surface area contributed by atoms with E-state index >= 15 is 0 Å². The minimum atomic E-state index is -3.43. The highest BCUT2D eigenvalue weighted by Crippen LogP contribution is 2.20. The molecule has 0 aromatic heterocycles. The molecule has 0 bridgehead atoms. The predicted octanol–water partition coefficient (Wildman–Crippen LogP) is 3.40. The van der Waals surface area contributed by atoms with Gasteiger partial charge in [-0.3, -0.25) is 0 Å². The molecule has 19 heavy (non-hydrogen) atoms. The van der Waals surface area contributed by atoms with E-state index < -0.39 is 8.87 Å². The highest BCUT2D eigenvalue weighted by Gasteiger charge is 2.10. The summed E-state index contributed by atoms with van der Waals surface area (Å²) in [5, 5.41) is 0. The Kier molecular flexibility index (Phi) is 4.32. The van der Waals surface area contributed by atoms with Crippen molar-refractivity contribution >= 4 is 20.5 Å². The van der Waals surface area contributed by atoms with Gasteiger partial charge in [-0.25, -0.2) is 8.42 Å². The summed E-state index contributed by atoms with van der Waals surface area (Å²) in [5.41, 5.74) is 3.41. The molecule has 0 saturated heterocycles. The SMILES string of the molecule is Cc1ccc(S(=O)(=O)S)cc1CCc1ccccc1. The topological polar surface area (TPSA) is 34.1 Å². The summed E-state index contributed by atoms with van der Waals surface area (Å²) in [4.78, 5) is 0.268. The Bertz CT molecular complexity index is 662. The van der Waals surface area contributed by atoms with Gasteiger partial charge in [0.2, 0.25) is 8.87 Å². The van der Waals surface area contributed by atoms with Crippen LogP contribution in [0, 0.1) is 6.92 Å². The molecule has 0 spiro atoms. The van der Waals surface area contributed by atoms with E-state index in [-0.39, 0.29) is 4.90 Å². The number of benzene rings is 2. The Labute approximate surface area is 119 Å². The summed E-state index contributed by atoms with van der Waals surface area (Å²) < 4.78 is 22.9. The van der Waals surface area contributed by atoms with Crippen molar-refractivity contribution in [2.75, 3.05) is 0 Å². The average molecular weight is 292 g/mol. The smallest absolute Gasteiger partial charge is 0.212 e. The molecule has 0 radical (unpaired) electrons. The first-order chi connectivity index (χ1) is 8.97. The highest BCUT2D eigenvalue weighted by molar-refractivity contribution is 8.63. The van der Waals surface area contributed by atoms with Crippen molar-refractivity contribution in [1.82, 2.24) is 0 Å². The lowest BCUT2D eigenvalue weighted by Crippen LogP contribution is -1.98. The summed E-state index contributed by atoms with van der Waals surface area (Å²) in [6.45, 7) is 2.00. The van der Waals surface area contributed by atoms with Crippen LogP contribution in [-0.4, -0.2) is 8.42 Å². The maximum Gasteiger partial charge on any atom is 0.227 e. The van der Waals surface area contributed by atoms with Crippen LogP contribution in [0.1, 0.15) is 16.7 Å². The molecule has 0 saturated carbocycles. The van der Waals surface area contributed by atoms with E-state index in [1.807, 2.05) is 31.2 Å². The van der Waals surface area contributed by atoms with Crippen LogP contribution in [0.3, 0.4) is 0 Å². The molecule has 0 N–H and O–H groups in total. The summed E-state index contributed by atoms with van der Waals surface area (Å²) in [6, 6.07) is 15.3. The quantitative estimate of drug-likeness (QED) is 0.692. The Morgan fingerprint density at radius 1 is 1.00 bits per heavy atom. The van der Waals surface area contributed by atoms with Crippen molar-refractivity contribution in [1.29, 1.82) is 0 Å². The molecule has 0 aliphatic heterocycles. The summed E-state index contributed by atoms with van der Waals surface area (Å²) in [5.74, 6) is 0. The van der Waals surface area contributed by atoms with Crippen LogP contribution < -0.4 is 0 Å². The molecule has 0 amide bonds. The minimum absolute atomic E-state index is 0.268. The first-order valence-corrected chi connectivity index (χ1v) is 8.61. The zero-order chi connectivity index (χ0) is 13.9. The van der Waals surface area contributed by atoms with Crippen LogP contribution >= 0.6 is 11.7 Å². The number of hydrogen-bond donors (Lipinski definition) is 1. The summed E-state index contributed by atoms with van der Waals surface area (Å²) >= 11 is 3.64. The molecule has 0 aliphatic rings. The Hall–Kier alpha value is -1.26. The second-order valence-corrected chi connectivity index (χ2v) is 7.41. The lowest BCUT2D eigenvalue weighted by molar-refractivity contribution is 0.610. The fourth-order valence-corrected chi connectivity index (χ4v) is 2.87. The zero-order valence-electron chi connectivity index (χ0n) is 10.7. The second-order valence-electron chi connectivity index (χ2n) is 4.55. The van der Waals surface area contributed by atoms with Crippen molar-refractivity contribution < 1.29 is 8.42 Å². The third-order valence-electron chi connectivity index (χ3n) is 3.14. The van der Waals surface area contributed by atoms with Crippen molar-refractivity contribution in [2.24, 2.45) is 0 Å². The highest BCUT2D eigenvalue weighted by atomic mass is 33.1. The molecule has 2 rings (SSSR count). The van der Waals surface area contributed by atoms with E-state index in [0.29, 0.717) is 0 Å². The lowest BCUT2D eigenvalue weighted by atomic mass is 10.0. The zero-order valence-corrected chi connectivity index (χ0v) is 12.4. The molecular formula is C15H16O2S2. The average Bonchev–Trinajstić information content (AvgIpc) is 2.37. The van der Waals surface area contributed by atoms with Crippen LogP contribution in [0.15, 0.2) is 53.4 Å². The van der Waals surface area contributed by atoms with Gasteiger partial charge in [-0.05, 0) is 60.2 Å². The van der Waals surface area contributed by atoms with E-state index in [9.17, 15) is 8.42 Å². The summed E-state index contributed by atoms with van der Waals surface area (Å²) in [7, 11) is -3.43. The van der Waals surface area contributed by atoms with Crippen molar-refractivity contribution in [3.05, 3.63) is 65.2 Å². The lowest BCUT2D eigenvalue weighted by Gasteiger charge is -2.08. The monoisotopic (exact) mass is 292 g/mol. The Morgan fingerprint density at radius 3 is 2.32 bits per heavy atom. The molecule has 0 heterocycles. The van der Waals surface area contributed by atoms with E-state index in [1.165, 1.54) is 5.56 Å². The van der Waals surface area contributed by atoms with Gasteiger partial charge in [-0.2, -0.15) is 0 Å². The third kappa shape index (κ3) is 3.85. The summed E-state index contributed by atoms with van der Waals surface area (Å²) in [6.07, 6.45) is 1.73. The van der Waals surface area contributed by atoms with Gasteiger partial charge in [-0.15, -0.1) is 0 Å². The molecule has 0 aliphatic carbocycles. The molecular weight excluding hydrogens is 276 g/mol. The van der Waals surface area contributed by atoms with Gasteiger partial charge in [0.1, 0.15) is 0 Å². The van der Waals surface area contributed by atoms with Crippen LogP contribution in [0.2, 0.25) is 0 Å². The number of hydrogen-bond acceptors (Lipinski definition) is 2. The Balaban J connectivity index is 2.21. The van der Waals surface area contributed by atoms with Crippen molar-refractivity contribution in [3.63, 3.8) is 0 Å². The number of thiol groups is 1. The molecule has 2 aromatic carbocycles. The fraction of sp³-hybridized carbons (Fsp3) is 0.200. The molecule has 2 aromatic rings. The number of aryl methyl sites for hydroxylation is 3. The molecule has 0 fully saturated rings. The van der Waals surface area contributed by atoms with Gasteiger partial charge in [0.25, 0.3) is 0 Å². The van der Waals surface area contributed by atoms with Crippen LogP contribution in [-0.2, 0) is 21.7 Å². The van der Waals surface area contributed by atoms with Crippen LogP contribution in [0.4, 0.5) is 0 Å². The van der Waals surface area contributed by atoms with Gasteiger partial charge in [0.05, 0.1) is 4.90 Å². The number of rotatable bonds is 4. The van der Waals surface area contributed by atoms with Crippen LogP contribution in [0.25, 0.3) is 0 Å². The van der Waals surface area contributed by atoms with E-state index in [1.54, 1.807) is 12.1 Å². The van der Waals surface area contributed by atoms with Gasteiger partial charge in [-0.1, -0.05) is 36.4 Å². The van der Waals surface area contributed by atoms with Gasteiger partial charge in [0.15, 0.2) is 0 Å². The first kappa shape index (κ1) is 14.2. The fourth-order valence-electron chi connectivity index (χ4n) is 2.00. The largest absolute Gasteiger partial charge is 0.227 e. The molecule has 0 unspecified atom stereocenters. The second kappa shape index (κ2) is 5.80. The molecule has 2 nitrogen and oxygen atoms in total. The maximum absolute atomic E-state index is 11.4. The molecule has 100 valence electrons. The normalized spacial score (nSPS) is 11.5. The van der Waals surface area contributed by atoms with Crippen molar-refractivity contribution in [3.8, 4) is 0 Å².